The number of sulfone groups is 1. The Hall–Kier alpha value is -1.08. The van der Waals surface area contributed by atoms with Crippen molar-refractivity contribution >= 4 is 9.84 Å². The van der Waals surface area contributed by atoms with Crippen LogP contribution in [0.25, 0.3) is 0 Å². The summed E-state index contributed by atoms with van der Waals surface area (Å²) >= 11 is 0. The first-order valence-corrected chi connectivity index (χ1v) is 8.23. The average Bonchev–Trinajstić information content (AvgIpc) is 2.37. The molecule has 0 aromatic heterocycles. The summed E-state index contributed by atoms with van der Waals surface area (Å²) in [4.78, 5) is -0.289. The van der Waals surface area contributed by atoms with E-state index in [9.17, 15) is 21.6 Å². The van der Waals surface area contributed by atoms with Gasteiger partial charge in [0.15, 0.2) is 9.84 Å². The van der Waals surface area contributed by atoms with Crippen LogP contribution in [0.2, 0.25) is 0 Å². The topological polar surface area (TPSA) is 60.2 Å². The number of halogens is 3. The van der Waals surface area contributed by atoms with Crippen LogP contribution in [0, 0.1) is 5.41 Å². The molecule has 0 saturated carbocycles. The van der Waals surface area contributed by atoms with Gasteiger partial charge in [-0.25, -0.2) is 8.42 Å². The number of hydrogen-bond acceptors (Lipinski definition) is 3. The summed E-state index contributed by atoms with van der Waals surface area (Å²) in [5, 5.41) is 0. The van der Waals surface area contributed by atoms with Crippen molar-refractivity contribution in [1.29, 1.82) is 0 Å². The molecule has 21 heavy (non-hydrogen) atoms. The van der Waals surface area contributed by atoms with Crippen LogP contribution >= 0.6 is 0 Å². The van der Waals surface area contributed by atoms with E-state index < -0.39 is 21.6 Å². The molecular weight excluding hydrogens is 303 g/mol. The zero-order valence-corrected chi connectivity index (χ0v) is 12.9. The van der Waals surface area contributed by atoms with Gasteiger partial charge in [-0.1, -0.05) is 19.9 Å². The minimum absolute atomic E-state index is 0.177. The van der Waals surface area contributed by atoms with E-state index in [0.717, 1.165) is 12.1 Å². The van der Waals surface area contributed by atoms with Gasteiger partial charge in [-0.2, -0.15) is 13.2 Å². The molecule has 0 saturated heterocycles. The highest BCUT2D eigenvalue weighted by atomic mass is 32.2. The van der Waals surface area contributed by atoms with Crippen molar-refractivity contribution in [1.82, 2.24) is 0 Å². The Bertz CT molecular complexity index is 580. The van der Waals surface area contributed by atoms with Crippen LogP contribution in [0.4, 0.5) is 13.2 Å². The first-order chi connectivity index (χ1) is 9.48. The molecule has 0 aliphatic rings. The average molecular weight is 323 g/mol. The highest BCUT2D eigenvalue weighted by Gasteiger charge is 2.31. The quantitative estimate of drug-likeness (QED) is 0.874. The summed E-state index contributed by atoms with van der Waals surface area (Å²) < 4.78 is 62.0. The van der Waals surface area contributed by atoms with Crippen molar-refractivity contribution in [2.24, 2.45) is 11.1 Å². The lowest BCUT2D eigenvalue weighted by Gasteiger charge is -2.21. The summed E-state index contributed by atoms with van der Waals surface area (Å²) in [6.45, 7) is 4.27. The predicted molar refractivity (Wildman–Crippen MR) is 75.6 cm³/mol. The Morgan fingerprint density at radius 3 is 2.33 bits per heavy atom. The molecule has 0 amide bonds. The smallest absolute Gasteiger partial charge is 0.330 e. The van der Waals surface area contributed by atoms with Crippen LogP contribution in [0.1, 0.15) is 32.3 Å². The van der Waals surface area contributed by atoms with Crippen molar-refractivity contribution in [2.45, 2.75) is 37.8 Å². The van der Waals surface area contributed by atoms with Gasteiger partial charge in [-0.05, 0) is 43.0 Å². The predicted octanol–water partition coefficient (Wildman–Crippen LogP) is 3.24. The molecule has 0 aliphatic heterocycles. The second-order valence-corrected chi connectivity index (χ2v) is 7.93. The van der Waals surface area contributed by atoms with E-state index in [4.69, 9.17) is 5.73 Å². The Morgan fingerprint density at radius 2 is 1.81 bits per heavy atom. The molecule has 0 atom stereocenters. The second kappa shape index (κ2) is 6.36. The molecule has 0 radical (unpaired) electrons. The van der Waals surface area contributed by atoms with Gasteiger partial charge in [-0.3, -0.25) is 0 Å². The molecule has 1 aromatic carbocycles. The van der Waals surface area contributed by atoms with Gasteiger partial charge in [-0.15, -0.1) is 0 Å². The van der Waals surface area contributed by atoms with Gasteiger partial charge < -0.3 is 5.73 Å². The van der Waals surface area contributed by atoms with Crippen molar-refractivity contribution in [3.05, 3.63) is 29.8 Å². The molecule has 0 heterocycles. The lowest BCUT2D eigenvalue weighted by atomic mass is 9.88. The van der Waals surface area contributed by atoms with Gasteiger partial charge in [0, 0.05) is 0 Å². The highest BCUT2D eigenvalue weighted by molar-refractivity contribution is 7.91. The first-order valence-electron chi connectivity index (χ1n) is 6.58. The minimum Gasteiger partial charge on any atom is -0.330 e. The van der Waals surface area contributed by atoms with E-state index in [1.165, 1.54) is 6.07 Å². The molecule has 1 aromatic rings. The Kier molecular flexibility index (Phi) is 5.44. The van der Waals surface area contributed by atoms with Crippen LogP contribution in [0.5, 0.6) is 0 Å². The molecule has 0 bridgehead atoms. The molecule has 3 nitrogen and oxygen atoms in total. The monoisotopic (exact) mass is 323 g/mol. The normalized spacial score (nSPS) is 13.4. The third-order valence-electron chi connectivity index (χ3n) is 3.34. The summed E-state index contributed by atoms with van der Waals surface area (Å²) in [6.07, 6.45) is -3.59. The molecule has 0 unspecified atom stereocenters. The second-order valence-electron chi connectivity index (χ2n) is 5.82. The molecule has 0 fully saturated rings. The number of rotatable bonds is 6. The van der Waals surface area contributed by atoms with Crippen LogP contribution in [-0.2, 0) is 16.0 Å². The van der Waals surface area contributed by atoms with E-state index in [1.54, 1.807) is 0 Å². The van der Waals surface area contributed by atoms with E-state index in [1.807, 2.05) is 13.8 Å². The van der Waals surface area contributed by atoms with Crippen molar-refractivity contribution < 1.29 is 21.6 Å². The van der Waals surface area contributed by atoms with Crippen LogP contribution < -0.4 is 5.73 Å². The summed E-state index contributed by atoms with van der Waals surface area (Å²) in [5.74, 6) is -0.183. The maximum absolute atomic E-state index is 12.6. The zero-order valence-electron chi connectivity index (χ0n) is 12.1. The molecule has 7 heteroatoms. The van der Waals surface area contributed by atoms with Crippen molar-refractivity contribution in [3.8, 4) is 0 Å². The number of alkyl halides is 3. The third-order valence-corrected chi connectivity index (χ3v) is 5.14. The van der Waals surface area contributed by atoms with Gasteiger partial charge in [0.05, 0.1) is 16.2 Å². The lowest BCUT2D eigenvalue weighted by molar-refractivity contribution is -0.137. The van der Waals surface area contributed by atoms with E-state index in [0.29, 0.717) is 25.5 Å². The lowest BCUT2D eigenvalue weighted by Crippen LogP contribution is -2.24. The largest absolute Gasteiger partial charge is 0.416 e. The van der Waals surface area contributed by atoms with E-state index >= 15 is 0 Å². The van der Waals surface area contributed by atoms with Crippen molar-refractivity contribution in [3.63, 3.8) is 0 Å². The third kappa shape index (κ3) is 5.32. The first kappa shape index (κ1) is 18.0. The molecule has 0 spiro atoms. The summed E-state index contributed by atoms with van der Waals surface area (Å²) in [7, 11) is -3.71. The molecule has 1 rings (SSSR count). The van der Waals surface area contributed by atoms with Gasteiger partial charge >= 0.3 is 6.18 Å². The SMILES string of the molecule is CC(C)(CN)CCCS(=O)(=O)c1cccc(C(F)(F)F)c1. The fraction of sp³-hybridized carbons (Fsp3) is 0.571. The maximum Gasteiger partial charge on any atom is 0.416 e. The van der Waals surface area contributed by atoms with Gasteiger partial charge in [0.2, 0.25) is 0 Å². The number of nitrogens with two attached hydrogens (primary N) is 1. The fourth-order valence-corrected chi connectivity index (χ4v) is 3.18. The maximum atomic E-state index is 12.6. The van der Waals surface area contributed by atoms with Crippen molar-refractivity contribution in [2.75, 3.05) is 12.3 Å². The van der Waals surface area contributed by atoms with Crippen LogP contribution in [0.15, 0.2) is 29.2 Å². The van der Waals surface area contributed by atoms with E-state index in [-0.39, 0.29) is 16.1 Å². The van der Waals surface area contributed by atoms with Crippen LogP contribution in [0.3, 0.4) is 0 Å². The highest BCUT2D eigenvalue weighted by Crippen LogP contribution is 2.31. The molecule has 2 N–H and O–H groups in total. The standard InChI is InChI=1S/C14H20F3NO2S/c1-13(2,10-18)7-4-8-21(19,20)12-6-3-5-11(9-12)14(15,16)17/h3,5-6,9H,4,7-8,10,18H2,1-2H3. The number of benzene rings is 1. The Morgan fingerprint density at radius 1 is 1.19 bits per heavy atom. The summed E-state index contributed by atoms with van der Waals surface area (Å²) in [5.41, 5.74) is 4.43. The Labute approximate surface area is 123 Å². The molecule has 0 aliphatic carbocycles. The molecular formula is C14H20F3NO2S. The molecule has 120 valence electrons. The Balaban J connectivity index is 2.84. The zero-order chi connectivity index (χ0) is 16.3. The number of hydrogen-bond donors (Lipinski definition) is 1. The fourth-order valence-electron chi connectivity index (χ4n) is 1.83. The van der Waals surface area contributed by atoms with Gasteiger partial charge in [0.1, 0.15) is 0 Å². The van der Waals surface area contributed by atoms with Crippen LogP contribution in [-0.4, -0.2) is 20.7 Å². The summed E-state index contributed by atoms with van der Waals surface area (Å²) in [6, 6.07) is 3.85. The van der Waals surface area contributed by atoms with Gasteiger partial charge in [0.25, 0.3) is 0 Å². The minimum atomic E-state index is -4.55. The van der Waals surface area contributed by atoms with E-state index in [2.05, 4.69) is 0 Å².